The summed E-state index contributed by atoms with van der Waals surface area (Å²) in [6.07, 6.45) is 0. The van der Waals surface area contributed by atoms with Crippen molar-refractivity contribution in [3.63, 3.8) is 0 Å². The monoisotopic (exact) mass is 406 g/mol. The second-order valence-corrected chi connectivity index (χ2v) is 6.04. The van der Waals surface area contributed by atoms with Gasteiger partial charge in [0.1, 0.15) is 11.6 Å². The van der Waals surface area contributed by atoms with Gasteiger partial charge in [0.15, 0.2) is 0 Å². The second kappa shape index (κ2) is 6.25. The minimum absolute atomic E-state index is 0.362. The van der Waals surface area contributed by atoms with Crippen LogP contribution in [0.25, 0.3) is 0 Å². The first-order chi connectivity index (χ1) is 9.04. The Labute approximate surface area is 133 Å². The molecule has 2 aromatic carbocycles. The van der Waals surface area contributed by atoms with Crippen LogP contribution in [0, 0.1) is 5.82 Å². The molecular formula is C14H10Br2ClFO. The lowest BCUT2D eigenvalue weighted by Crippen LogP contribution is -1.99. The molecule has 2 aromatic rings. The smallest absolute Gasteiger partial charge is 0.141 e. The van der Waals surface area contributed by atoms with Crippen molar-refractivity contribution in [2.24, 2.45) is 0 Å². The normalized spacial score (nSPS) is 12.3. The molecule has 0 heterocycles. The van der Waals surface area contributed by atoms with E-state index in [1.165, 1.54) is 13.2 Å². The number of methoxy groups -OCH3 is 1. The first kappa shape index (κ1) is 14.8. The van der Waals surface area contributed by atoms with Crippen LogP contribution in [0.3, 0.4) is 0 Å². The molecule has 0 bridgehead atoms. The molecule has 0 aromatic heterocycles. The van der Waals surface area contributed by atoms with Crippen molar-refractivity contribution in [2.75, 3.05) is 7.11 Å². The predicted octanol–water partition coefficient (Wildman–Crippen LogP) is 5.69. The molecule has 5 heteroatoms. The molecule has 100 valence electrons. The van der Waals surface area contributed by atoms with Crippen LogP contribution in [0.1, 0.15) is 16.5 Å². The van der Waals surface area contributed by atoms with E-state index in [1.807, 2.05) is 24.3 Å². The number of alkyl halides is 1. The zero-order chi connectivity index (χ0) is 14.0. The second-order valence-electron chi connectivity index (χ2n) is 3.89. The number of hydrogen-bond donors (Lipinski definition) is 0. The Kier molecular flexibility index (Phi) is 4.87. The number of benzene rings is 2. The van der Waals surface area contributed by atoms with Gasteiger partial charge in [-0.3, -0.25) is 0 Å². The highest BCUT2D eigenvalue weighted by Gasteiger charge is 2.19. The minimum atomic E-state index is -0.428. The molecule has 0 aliphatic heterocycles. The number of rotatable bonds is 3. The van der Waals surface area contributed by atoms with E-state index in [2.05, 4.69) is 31.9 Å². The van der Waals surface area contributed by atoms with E-state index in [9.17, 15) is 4.39 Å². The fourth-order valence-corrected chi connectivity index (χ4v) is 3.13. The summed E-state index contributed by atoms with van der Waals surface area (Å²) in [6.45, 7) is 0. The lowest BCUT2D eigenvalue weighted by Gasteiger charge is -2.16. The third-order valence-corrected chi connectivity index (χ3v) is 4.52. The third-order valence-electron chi connectivity index (χ3n) is 2.72. The van der Waals surface area contributed by atoms with Gasteiger partial charge in [-0.1, -0.05) is 34.1 Å². The van der Waals surface area contributed by atoms with Crippen LogP contribution in [-0.4, -0.2) is 7.11 Å². The van der Waals surface area contributed by atoms with Gasteiger partial charge in [-0.15, -0.1) is 11.6 Å². The van der Waals surface area contributed by atoms with Gasteiger partial charge in [0.2, 0.25) is 0 Å². The van der Waals surface area contributed by atoms with E-state index < -0.39 is 5.38 Å². The molecule has 2 rings (SSSR count). The average Bonchev–Trinajstić information content (AvgIpc) is 2.41. The minimum Gasteiger partial charge on any atom is -0.496 e. The Morgan fingerprint density at radius 1 is 1.11 bits per heavy atom. The Morgan fingerprint density at radius 3 is 2.42 bits per heavy atom. The van der Waals surface area contributed by atoms with Crippen molar-refractivity contribution in [3.05, 3.63) is 62.3 Å². The fraction of sp³-hybridized carbons (Fsp3) is 0.143. The first-order valence-electron chi connectivity index (χ1n) is 5.46. The van der Waals surface area contributed by atoms with Crippen LogP contribution in [0.15, 0.2) is 45.3 Å². The fourth-order valence-electron chi connectivity index (χ4n) is 1.77. The highest BCUT2D eigenvalue weighted by molar-refractivity contribution is 9.10. The Morgan fingerprint density at radius 2 is 1.79 bits per heavy atom. The van der Waals surface area contributed by atoms with Crippen molar-refractivity contribution in [3.8, 4) is 5.75 Å². The Hall–Kier alpha value is -0.580. The van der Waals surface area contributed by atoms with Gasteiger partial charge < -0.3 is 4.74 Å². The molecule has 0 aliphatic rings. The molecule has 19 heavy (non-hydrogen) atoms. The molecular weight excluding hydrogens is 398 g/mol. The van der Waals surface area contributed by atoms with Gasteiger partial charge in [-0.2, -0.15) is 0 Å². The molecule has 0 fully saturated rings. The van der Waals surface area contributed by atoms with Crippen molar-refractivity contribution in [2.45, 2.75) is 5.38 Å². The van der Waals surface area contributed by atoms with Gasteiger partial charge in [0, 0.05) is 16.1 Å². The molecule has 1 nitrogen and oxygen atoms in total. The van der Waals surface area contributed by atoms with E-state index in [0.717, 1.165) is 10.0 Å². The van der Waals surface area contributed by atoms with Crippen LogP contribution in [0.4, 0.5) is 4.39 Å². The maximum atomic E-state index is 13.5. The van der Waals surface area contributed by atoms with Crippen LogP contribution < -0.4 is 4.74 Å². The molecule has 0 N–H and O–H groups in total. The van der Waals surface area contributed by atoms with E-state index >= 15 is 0 Å². The van der Waals surface area contributed by atoms with Crippen LogP contribution in [0.2, 0.25) is 0 Å². The highest BCUT2D eigenvalue weighted by atomic mass is 79.9. The van der Waals surface area contributed by atoms with E-state index in [4.69, 9.17) is 16.3 Å². The van der Waals surface area contributed by atoms with Crippen molar-refractivity contribution >= 4 is 43.5 Å². The van der Waals surface area contributed by atoms with Gasteiger partial charge in [0.05, 0.1) is 17.0 Å². The summed E-state index contributed by atoms with van der Waals surface area (Å²) >= 11 is 13.1. The SMILES string of the molecule is COc1cc(F)c(Br)cc1C(Cl)c1ccccc1Br. The number of ether oxygens (including phenoxy) is 1. The van der Waals surface area contributed by atoms with Gasteiger partial charge >= 0.3 is 0 Å². The Bertz CT molecular complexity index is 604. The van der Waals surface area contributed by atoms with Gasteiger partial charge in [-0.05, 0) is 33.6 Å². The molecule has 0 saturated carbocycles. The average molecular weight is 408 g/mol. The summed E-state index contributed by atoms with van der Waals surface area (Å²) in [4.78, 5) is 0. The van der Waals surface area contributed by atoms with E-state index in [-0.39, 0.29) is 5.82 Å². The summed E-state index contributed by atoms with van der Waals surface area (Å²) in [5.74, 6) is 0.0491. The van der Waals surface area contributed by atoms with E-state index in [1.54, 1.807) is 6.07 Å². The largest absolute Gasteiger partial charge is 0.496 e. The summed E-state index contributed by atoms with van der Waals surface area (Å²) in [7, 11) is 1.50. The number of hydrogen-bond acceptors (Lipinski definition) is 1. The van der Waals surface area contributed by atoms with Gasteiger partial charge in [0.25, 0.3) is 0 Å². The molecule has 1 unspecified atom stereocenters. The lowest BCUT2D eigenvalue weighted by molar-refractivity contribution is 0.406. The predicted molar refractivity (Wildman–Crippen MR) is 82.5 cm³/mol. The van der Waals surface area contributed by atoms with E-state index in [0.29, 0.717) is 15.8 Å². The molecule has 1 atom stereocenters. The Balaban J connectivity index is 2.52. The van der Waals surface area contributed by atoms with Crippen LogP contribution >= 0.6 is 43.5 Å². The molecule has 0 aliphatic carbocycles. The topological polar surface area (TPSA) is 9.23 Å². The standard InChI is InChI=1S/C14H10Br2ClFO/c1-19-13-7-12(18)11(16)6-9(13)14(17)8-4-2-3-5-10(8)15/h2-7,14H,1H3. The van der Waals surface area contributed by atoms with Crippen LogP contribution in [-0.2, 0) is 0 Å². The molecule has 0 radical (unpaired) electrons. The maximum Gasteiger partial charge on any atom is 0.141 e. The quantitative estimate of drug-likeness (QED) is 0.593. The lowest BCUT2D eigenvalue weighted by atomic mass is 10.0. The van der Waals surface area contributed by atoms with Gasteiger partial charge in [-0.25, -0.2) is 4.39 Å². The zero-order valence-electron chi connectivity index (χ0n) is 9.96. The summed E-state index contributed by atoms with van der Waals surface area (Å²) in [6, 6.07) is 10.6. The summed E-state index contributed by atoms with van der Waals surface area (Å²) in [5.41, 5.74) is 1.62. The van der Waals surface area contributed by atoms with Crippen LogP contribution in [0.5, 0.6) is 5.75 Å². The summed E-state index contributed by atoms with van der Waals surface area (Å²) < 4.78 is 20.0. The summed E-state index contributed by atoms with van der Waals surface area (Å²) in [5, 5.41) is -0.428. The highest BCUT2D eigenvalue weighted by Crippen LogP contribution is 2.40. The maximum absolute atomic E-state index is 13.5. The van der Waals surface area contributed by atoms with Crippen molar-refractivity contribution < 1.29 is 9.13 Å². The zero-order valence-corrected chi connectivity index (χ0v) is 13.9. The molecule has 0 saturated heterocycles. The third kappa shape index (κ3) is 3.12. The van der Waals surface area contributed by atoms with Crippen molar-refractivity contribution in [1.82, 2.24) is 0 Å². The molecule has 0 spiro atoms. The number of halogens is 4. The first-order valence-corrected chi connectivity index (χ1v) is 7.48. The molecule has 0 amide bonds. The van der Waals surface area contributed by atoms with Crippen molar-refractivity contribution in [1.29, 1.82) is 0 Å².